The summed E-state index contributed by atoms with van der Waals surface area (Å²) in [7, 11) is 0. The van der Waals surface area contributed by atoms with E-state index in [0.717, 1.165) is 12.8 Å². The summed E-state index contributed by atoms with van der Waals surface area (Å²) >= 11 is -2.70. The highest BCUT2D eigenvalue weighted by Crippen LogP contribution is 2.00. The van der Waals surface area contributed by atoms with Crippen LogP contribution in [0, 0.1) is 0 Å². The fraction of sp³-hybridized carbons (Fsp3) is 0.833. The van der Waals surface area contributed by atoms with Crippen molar-refractivity contribution < 1.29 is 17.7 Å². The molecule has 0 heterocycles. The van der Waals surface area contributed by atoms with Crippen LogP contribution in [0.1, 0.15) is 32.6 Å². The SMILES string of the molecule is CCCCCC(=O)OS(=O)[O-]. The topological polar surface area (TPSA) is 66.4 Å². The summed E-state index contributed by atoms with van der Waals surface area (Å²) in [6, 6.07) is 0. The van der Waals surface area contributed by atoms with E-state index in [1.807, 2.05) is 6.92 Å². The maximum absolute atomic E-state index is 10.5. The van der Waals surface area contributed by atoms with Crippen LogP contribution in [-0.2, 0) is 20.3 Å². The molecule has 0 aliphatic heterocycles. The van der Waals surface area contributed by atoms with Crippen molar-refractivity contribution in [3.05, 3.63) is 0 Å². The lowest BCUT2D eigenvalue weighted by atomic mass is 10.2. The Labute approximate surface area is 68.4 Å². The molecule has 0 aliphatic rings. The highest BCUT2D eigenvalue weighted by atomic mass is 32.2. The van der Waals surface area contributed by atoms with Crippen molar-refractivity contribution in [3.8, 4) is 0 Å². The first-order valence-electron chi connectivity index (χ1n) is 3.47. The van der Waals surface area contributed by atoms with Gasteiger partial charge >= 0.3 is 5.97 Å². The normalized spacial score (nSPS) is 12.5. The molecule has 0 spiro atoms. The Morgan fingerprint density at radius 3 is 2.64 bits per heavy atom. The van der Waals surface area contributed by atoms with Gasteiger partial charge in [0, 0.05) is 6.42 Å². The van der Waals surface area contributed by atoms with E-state index in [-0.39, 0.29) is 6.42 Å². The molecule has 0 aliphatic carbocycles. The minimum atomic E-state index is -2.70. The second-order valence-corrected chi connectivity index (χ2v) is 2.69. The maximum Gasteiger partial charge on any atom is 0.319 e. The average molecular weight is 179 g/mol. The van der Waals surface area contributed by atoms with Crippen LogP contribution in [0.15, 0.2) is 0 Å². The summed E-state index contributed by atoms with van der Waals surface area (Å²) in [5, 5.41) is 0. The predicted octanol–water partition coefficient (Wildman–Crippen LogP) is 0.904. The Balaban J connectivity index is 3.30. The molecule has 1 atom stereocenters. The number of unbranched alkanes of at least 4 members (excludes halogenated alkanes) is 2. The summed E-state index contributed by atoms with van der Waals surface area (Å²) < 4.78 is 23.5. The van der Waals surface area contributed by atoms with E-state index in [1.54, 1.807) is 0 Å². The minimum Gasteiger partial charge on any atom is -0.740 e. The Kier molecular flexibility index (Phi) is 6.06. The molecule has 0 bridgehead atoms. The monoisotopic (exact) mass is 179 g/mol. The fourth-order valence-electron chi connectivity index (χ4n) is 0.637. The predicted molar refractivity (Wildman–Crippen MR) is 39.2 cm³/mol. The van der Waals surface area contributed by atoms with E-state index >= 15 is 0 Å². The van der Waals surface area contributed by atoms with Crippen molar-refractivity contribution in [2.45, 2.75) is 32.6 Å². The zero-order valence-electron chi connectivity index (χ0n) is 6.37. The molecule has 0 aromatic rings. The van der Waals surface area contributed by atoms with Gasteiger partial charge in [0.15, 0.2) is 0 Å². The average Bonchev–Trinajstić information content (AvgIpc) is 1.86. The van der Waals surface area contributed by atoms with Crippen LogP contribution in [0.25, 0.3) is 0 Å². The lowest BCUT2D eigenvalue weighted by molar-refractivity contribution is -0.134. The van der Waals surface area contributed by atoms with Crippen LogP contribution in [0.2, 0.25) is 0 Å². The summed E-state index contributed by atoms with van der Waals surface area (Å²) in [6.45, 7) is 2.00. The van der Waals surface area contributed by atoms with Gasteiger partial charge < -0.3 is 8.74 Å². The summed E-state index contributed by atoms with van der Waals surface area (Å²) in [5.74, 6) is -0.674. The van der Waals surface area contributed by atoms with E-state index in [0.29, 0.717) is 6.42 Å². The van der Waals surface area contributed by atoms with E-state index in [9.17, 15) is 13.6 Å². The third-order valence-electron chi connectivity index (χ3n) is 1.15. The Morgan fingerprint density at radius 2 is 2.18 bits per heavy atom. The van der Waals surface area contributed by atoms with Gasteiger partial charge in [-0.25, -0.2) is 4.21 Å². The Bertz CT molecular complexity index is 146. The first kappa shape index (κ1) is 10.6. The summed E-state index contributed by atoms with van der Waals surface area (Å²) in [4.78, 5) is 10.5. The standard InChI is InChI=1S/C6H12O4S/c1-2-3-4-5-6(7)10-11(8)9/h2-5H2,1H3,(H,8,9)/p-1. The number of rotatable bonds is 5. The van der Waals surface area contributed by atoms with Gasteiger partial charge in [0.1, 0.15) is 11.4 Å². The van der Waals surface area contributed by atoms with Gasteiger partial charge in [0.2, 0.25) is 0 Å². The van der Waals surface area contributed by atoms with Crippen molar-refractivity contribution >= 4 is 17.3 Å². The highest BCUT2D eigenvalue weighted by molar-refractivity contribution is 7.74. The van der Waals surface area contributed by atoms with Gasteiger partial charge in [-0.2, -0.15) is 0 Å². The molecule has 4 nitrogen and oxygen atoms in total. The number of hydrogen-bond donors (Lipinski definition) is 0. The number of hydrogen-bond acceptors (Lipinski definition) is 4. The van der Waals surface area contributed by atoms with Gasteiger partial charge in [-0.3, -0.25) is 4.79 Å². The maximum atomic E-state index is 10.5. The first-order valence-corrected chi connectivity index (χ1v) is 4.47. The van der Waals surface area contributed by atoms with Crippen LogP contribution in [0.5, 0.6) is 0 Å². The lowest BCUT2D eigenvalue weighted by Crippen LogP contribution is -2.05. The van der Waals surface area contributed by atoms with Gasteiger partial charge in [-0.1, -0.05) is 19.8 Å². The van der Waals surface area contributed by atoms with E-state index in [4.69, 9.17) is 0 Å². The third kappa shape index (κ3) is 7.48. The van der Waals surface area contributed by atoms with Crippen LogP contribution in [0.4, 0.5) is 0 Å². The first-order chi connectivity index (χ1) is 5.16. The molecular weight excluding hydrogens is 168 g/mol. The van der Waals surface area contributed by atoms with Crippen LogP contribution in [-0.4, -0.2) is 14.7 Å². The Morgan fingerprint density at radius 1 is 1.55 bits per heavy atom. The molecule has 5 heteroatoms. The van der Waals surface area contributed by atoms with Crippen LogP contribution in [0.3, 0.4) is 0 Å². The quantitative estimate of drug-likeness (QED) is 0.464. The van der Waals surface area contributed by atoms with Gasteiger partial charge in [0.05, 0.1) is 0 Å². The molecule has 0 saturated carbocycles. The summed E-state index contributed by atoms with van der Waals surface area (Å²) in [6.07, 6.45) is 2.78. The zero-order chi connectivity index (χ0) is 8.69. The third-order valence-corrected chi connectivity index (χ3v) is 1.47. The minimum absolute atomic E-state index is 0.182. The molecule has 0 aromatic carbocycles. The zero-order valence-corrected chi connectivity index (χ0v) is 7.19. The van der Waals surface area contributed by atoms with Gasteiger partial charge in [-0.15, -0.1) is 0 Å². The molecule has 0 fully saturated rings. The van der Waals surface area contributed by atoms with Gasteiger partial charge in [0.25, 0.3) is 0 Å². The second-order valence-electron chi connectivity index (χ2n) is 2.12. The fourth-order valence-corrected chi connectivity index (χ4v) is 0.872. The molecule has 0 N–H and O–H groups in total. The Hall–Kier alpha value is -0.420. The molecule has 66 valence electrons. The van der Waals surface area contributed by atoms with Crippen molar-refractivity contribution in [2.24, 2.45) is 0 Å². The molecule has 1 unspecified atom stereocenters. The molecule has 11 heavy (non-hydrogen) atoms. The summed E-state index contributed by atoms with van der Waals surface area (Å²) in [5.41, 5.74) is 0. The van der Waals surface area contributed by atoms with Crippen LogP contribution >= 0.6 is 0 Å². The molecule has 0 rings (SSSR count). The largest absolute Gasteiger partial charge is 0.740 e. The van der Waals surface area contributed by atoms with Gasteiger partial charge in [-0.05, 0) is 6.42 Å². The second kappa shape index (κ2) is 6.30. The molecule has 0 radical (unpaired) electrons. The lowest BCUT2D eigenvalue weighted by Gasteiger charge is -2.04. The molecule has 0 saturated heterocycles. The smallest absolute Gasteiger partial charge is 0.319 e. The molecule has 0 aromatic heterocycles. The van der Waals surface area contributed by atoms with Crippen molar-refractivity contribution in [1.82, 2.24) is 0 Å². The highest BCUT2D eigenvalue weighted by Gasteiger charge is 2.01. The number of carbonyl (C=O) groups is 1. The van der Waals surface area contributed by atoms with E-state index < -0.39 is 17.3 Å². The van der Waals surface area contributed by atoms with Crippen LogP contribution < -0.4 is 0 Å². The number of carbonyl (C=O) groups excluding carboxylic acids is 1. The van der Waals surface area contributed by atoms with Crippen molar-refractivity contribution in [3.63, 3.8) is 0 Å². The molecule has 0 amide bonds. The molecular formula is C6H11O4S-. The van der Waals surface area contributed by atoms with Crippen molar-refractivity contribution in [1.29, 1.82) is 0 Å². The van der Waals surface area contributed by atoms with E-state index in [2.05, 4.69) is 4.18 Å². The van der Waals surface area contributed by atoms with E-state index in [1.165, 1.54) is 0 Å². The van der Waals surface area contributed by atoms with Crippen molar-refractivity contribution in [2.75, 3.05) is 0 Å².